The van der Waals surface area contributed by atoms with E-state index in [0.29, 0.717) is 11.3 Å². The summed E-state index contributed by atoms with van der Waals surface area (Å²) in [7, 11) is 0. The highest BCUT2D eigenvalue weighted by Crippen LogP contribution is 2.20. The highest BCUT2D eigenvalue weighted by molar-refractivity contribution is 5.89. The van der Waals surface area contributed by atoms with E-state index in [1.54, 1.807) is 24.3 Å². The molecule has 0 aliphatic heterocycles. The van der Waals surface area contributed by atoms with E-state index in [1.165, 1.54) is 6.07 Å². The van der Waals surface area contributed by atoms with Gasteiger partial charge >= 0.3 is 11.7 Å². The van der Waals surface area contributed by atoms with Gasteiger partial charge < -0.3 is 9.15 Å². The van der Waals surface area contributed by atoms with Gasteiger partial charge in [-0.05, 0) is 36.3 Å². The van der Waals surface area contributed by atoms with Crippen molar-refractivity contribution in [1.82, 2.24) is 0 Å². The van der Waals surface area contributed by atoms with Gasteiger partial charge in [-0.1, -0.05) is 36.4 Å². The van der Waals surface area contributed by atoms with Gasteiger partial charge in [0.2, 0.25) is 0 Å². The molecule has 0 aliphatic carbocycles. The molecule has 0 unspecified atom stereocenters. The molecule has 5 nitrogen and oxygen atoms in total. The zero-order valence-electron chi connectivity index (χ0n) is 13.7. The van der Waals surface area contributed by atoms with Crippen LogP contribution in [-0.4, -0.2) is 12.7 Å². The van der Waals surface area contributed by atoms with E-state index in [9.17, 15) is 9.59 Å². The van der Waals surface area contributed by atoms with E-state index in [0.717, 1.165) is 16.5 Å². The number of hydrogen-bond acceptors (Lipinski definition) is 4. The van der Waals surface area contributed by atoms with Crippen LogP contribution in [0.15, 0.2) is 69.9 Å². The molecule has 0 radical (unpaired) electrons. The molecule has 0 saturated heterocycles. The van der Waals surface area contributed by atoms with Gasteiger partial charge in [0.1, 0.15) is 12.2 Å². The van der Waals surface area contributed by atoms with Crippen LogP contribution < -0.4 is 10.9 Å². The minimum Gasteiger partial charge on any atom is -0.445 e. The number of carbonyl (C=O) groups excluding carboxylic acids is 1. The molecule has 0 aliphatic rings. The fraction of sp³-hybridized carbons (Fsp3) is 0.100. The van der Waals surface area contributed by atoms with E-state index in [-0.39, 0.29) is 6.61 Å². The first-order chi connectivity index (χ1) is 12.1. The minimum atomic E-state index is -0.577. The third-order valence-corrected chi connectivity index (χ3v) is 3.62. The van der Waals surface area contributed by atoms with Crippen molar-refractivity contribution in [2.24, 2.45) is 0 Å². The first kappa shape index (κ1) is 16.5. The van der Waals surface area contributed by atoms with Crippen molar-refractivity contribution < 1.29 is 13.9 Å². The van der Waals surface area contributed by atoms with Gasteiger partial charge in [0.05, 0.1) is 0 Å². The summed E-state index contributed by atoms with van der Waals surface area (Å²) in [4.78, 5) is 23.3. The molecule has 1 N–H and O–H groups in total. The molecular formula is C20H17NO4. The Morgan fingerprint density at radius 3 is 2.76 bits per heavy atom. The molecule has 5 heteroatoms. The molecule has 1 heterocycles. The van der Waals surface area contributed by atoms with Crippen LogP contribution in [0.1, 0.15) is 11.1 Å². The molecule has 0 bridgehead atoms. The fourth-order valence-corrected chi connectivity index (χ4v) is 2.43. The Hall–Kier alpha value is -3.34. The number of amides is 1. The maximum atomic E-state index is 11.8. The quantitative estimate of drug-likeness (QED) is 0.719. The molecule has 1 amide bonds. The number of fused-ring (bicyclic) bond motifs is 1. The second-order valence-corrected chi connectivity index (χ2v) is 5.50. The zero-order chi connectivity index (χ0) is 17.6. The van der Waals surface area contributed by atoms with Crippen LogP contribution in [-0.2, 0) is 4.74 Å². The Morgan fingerprint density at radius 2 is 1.96 bits per heavy atom. The molecule has 1 aromatic heterocycles. The maximum Gasteiger partial charge on any atom is 0.411 e. The lowest BCUT2D eigenvalue weighted by Gasteiger charge is -2.07. The van der Waals surface area contributed by atoms with Crippen molar-refractivity contribution in [3.63, 3.8) is 0 Å². The Kier molecular flexibility index (Phi) is 4.95. The predicted octanol–water partition coefficient (Wildman–Crippen LogP) is 4.36. The van der Waals surface area contributed by atoms with E-state index >= 15 is 0 Å². The second-order valence-electron chi connectivity index (χ2n) is 5.50. The van der Waals surface area contributed by atoms with Gasteiger partial charge in [-0.3, -0.25) is 5.32 Å². The monoisotopic (exact) mass is 335 g/mol. The van der Waals surface area contributed by atoms with Gasteiger partial charge in [0.15, 0.2) is 0 Å². The highest BCUT2D eigenvalue weighted by Gasteiger charge is 2.06. The van der Waals surface area contributed by atoms with Crippen LogP contribution in [0, 0.1) is 6.92 Å². The van der Waals surface area contributed by atoms with Gasteiger partial charge in [0, 0.05) is 23.2 Å². The minimum absolute atomic E-state index is 0.155. The zero-order valence-corrected chi connectivity index (χ0v) is 13.7. The SMILES string of the molecule is Cc1cc(=O)oc2cc(NC(=O)OCC=Cc3ccccc3)ccc12. The third kappa shape index (κ3) is 4.35. The number of benzene rings is 2. The molecule has 3 aromatic rings. The molecule has 3 rings (SSSR count). The molecule has 2 aromatic carbocycles. The highest BCUT2D eigenvalue weighted by atomic mass is 16.5. The lowest BCUT2D eigenvalue weighted by atomic mass is 10.1. The van der Waals surface area contributed by atoms with Gasteiger partial charge in [-0.2, -0.15) is 0 Å². The van der Waals surface area contributed by atoms with Crippen LogP contribution in [0.25, 0.3) is 17.0 Å². The molecular weight excluding hydrogens is 318 g/mol. The Morgan fingerprint density at radius 1 is 1.16 bits per heavy atom. The fourth-order valence-electron chi connectivity index (χ4n) is 2.43. The summed E-state index contributed by atoms with van der Waals surface area (Å²) in [6.07, 6.45) is 3.06. The first-order valence-electron chi connectivity index (χ1n) is 7.82. The van der Waals surface area contributed by atoms with Gasteiger partial charge in [-0.15, -0.1) is 0 Å². The number of nitrogens with one attached hydrogen (secondary N) is 1. The second kappa shape index (κ2) is 7.49. The van der Waals surface area contributed by atoms with E-state index in [4.69, 9.17) is 9.15 Å². The van der Waals surface area contributed by atoms with Crippen LogP contribution in [0.3, 0.4) is 0 Å². The Bertz CT molecular complexity index is 974. The number of carbonyl (C=O) groups is 1. The van der Waals surface area contributed by atoms with Gasteiger partial charge in [-0.25, -0.2) is 9.59 Å². The van der Waals surface area contributed by atoms with Crippen LogP contribution in [0.2, 0.25) is 0 Å². The average molecular weight is 335 g/mol. The summed E-state index contributed by atoms with van der Waals surface area (Å²) in [6, 6.07) is 16.3. The molecule has 0 fully saturated rings. The summed E-state index contributed by atoms with van der Waals surface area (Å²) in [5, 5.41) is 3.44. The van der Waals surface area contributed by atoms with Crippen molar-refractivity contribution in [1.29, 1.82) is 0 Å². The summed E-state index contributed by atoms with van der Waals surface area (Å²) in [5.41, 5.74) is 2.36. The van der Waals surface area contributed by atoms with Crippen molar-refractivity contribution in [2.45, 2.75) is 6.92 Å². The summed E-state index contributed by atoms with van der Waals surface area (Å²) >= 11 is 0. The standard InChI is InChI=1S/C20H17NO4/c1-14-12-19(22)25-18-13-16(9-10-17(14)18)21-20(23)24-11-5-8-15-6-3-2-4-7-15/h2-10,12-13H,11H2,1H3,(H,21,23). The Balaban J connectivity index is 1.60. The smallest absolute Gasteiger partial charge is 0.411 e. The number of anilines is 1. The van der Waals surface area contributed by atoms with E-state index in [2.05, 4.69) is 5.32 Å². The van der Waals surface area contributed by atoms with Crippen LogP contribution in [0.5, 0.6) is 0 Å². The predicted molar refractivity (Wildman–Crippen MR) is 97.7 cm³/mol. The summed E-state index contributed by atoms with van der Waals surface area (Å²) in [6.45, 7) is 1.99. The summed E-state index contributed by atoms with van der Waals surface area (Å²) < 4.78 is 10.3. The average Bonchev–Trinajstić information content (AvgIpc) is 2.59. The van der Waals surface area contributed by atoms with E-state index in [1.807, 2.05) is 43.3 Å². The lowest BCUT2D eigenvalue weighted by Crippen LogP contribution is -2.13. The molecule has 0 saturated carbocycles. The van der Waals surface area contributed by atoms with Crippen LogP contribution >= 0.6 is 0 Å². The number of aryl methyl sites for hydroxylation is 1. The summed E-state index contributed by atoms with van der Waals surface area (Å²) in [5.74, 6) is 0. The van der Waals surface area contributed by atoms with Crippen molar-refractivity contribution in [2.75, 3.05) is 11.9 Å². The molecule has 0 spiro atoms. The number of rotatable bonds is 4. The van der Waals surface area contributed by atoms with Gasteiger partial charge in [0.25, 0.3) is 0 Å². The number of hydrogen-bond donors (Lipinski definition) is 1. The molecule has 0 atom stereocenters. The van der Waals surface area contributed by atoms with Crippen molar-refractivity contribution in [3.05, 3.63) is 82.2 Å². The lowest BCUT2D eigenvalue weighted by molar-refractivity contribution is 0.174. The topological polar surface area (TPSA) is 68.5 Å². The normalized spacial score (nSPS) is 10.9. The molecule has 25 heavy (non-hydrogen) atoms. The van der Waals surface area contributed by atoms with Crippen molar-refractivity contribution in [3.8, 4) is 0 Å². The van der Waals surface area contributed by atoms with E-state index < -0.39 is 11.7 Å². The van der Waals surface area contributed by atoms with Crippen LogP contribution in [0.4, 0.5) is 10.5 Å². The first-order valence-corrected chi connectivity index (χ1v) is 7.82. The largest absolute Gasteiger partial charge is 0.445 e. The molecule has 126 valence electrons. The van der Waals surface area contributed by atoms with Crippen molar-refractivity contribution >= 4 is 28.8 Å². The number of ether oxygens (including phenoxy) is 1. The maximum absolute atomic E-state index is 11.8. The Labute approximate surface area is 144 Å². The third-order valence-electron chi connectivity index (χ3n) is 3.62.